The van der Waals surface area contributed by atoms with Crippen molar-refractivity contribution in [1.82, 2.24) is 0 Å². The number of rotatable bonds is 4. The molecule has 1 saturated carbocycles. The van der Waals surface area contributed by atoms with Crippen LogP contribution in [0.15, 0.2) is 0 Å². The standard InChI is InChI=1S/C11H18O3/c1-5-14-9(13)10(2,3)8(12)11(4)6-7-11/h5-7H2,1-4H3. The molecule has 1 rings (SSSR count). The average molecular weight is 198 g/mol. The van der Waals surface area contributed by atoms with Crippen LogP contribution in [-0.4, -0.2) is 18.4 Å². The van der Waals surface area contributed by atoms with Crippen LogP contribution in [0.2, 0.25) is 0 Å². The van der Waals surface area contributed by atoms with Crippen molar-refractivity contribution in [3.63, 3.8) is 0 Å². The third-order valence-corrected chi connectivity index (χ3v) is 2.90. The average Bonchev–Trinajstić information content (AvgIpc) is 2.84. The van der Waals surface area contributed by atoms with Crippen LogP contribution in [0.1, 0.15) is 40.5 Å². The quantitative estimate of drug-likeness (QED) is 0.512. The van der Waals surface area contributed by atoms with E-state index < -0.39 is 11.4 Å². The smallest absolute Gasteiger partial charge is 0.319 e. The highest BCUT2D eigenvalue weighted by atomic mass is 16.5. The number of Topliss-reactive ketones (excluding diaryl/α,β-unsaturated/α-hetero) is 1. The fourth-order valence-corrected chi connectivity index (χ4v) is 1.57. The van der Waals surface area contributed by atoms with Crippen molar-refractivity contribution in [1.29, 1.82) is 0 Å². The number of ether oxygens (including phenoxy) is 1. The molecule has 3 heteroatoms. The van der Waals surface area contributed by atoms with Crippen molar-refractivity contribution in [2.45, 2.75) is 40.5 Å². The third kappa shape index (κ3) is 1.81. The largest absolute Gasteiger partial charge is 0.465 e. The van der Waals surface area contributed by atoms with Crippen LogP contribution < -0.4 is 0 Å². The van der Waals surface area contributed by atoms with Crippen molar-refractivity contribution in [3.8, 4) is 0 Å². The Labute approximate surface area is 84.8 Å². The van der Waals surface area contributed by atoms with Gasteiger partial charge >= 0.3 is 5.97 Å². The molecule has 1 aliphatic rings. The zero-order valence-electron chi connectivity index (χ0n) is 9.35. The highest BCUT2D eigenvalue weighted by Gasteiger charge is 2.53. The lowest BCUT2D eigenvalue weighted by Gasteiger charge is -2.24. The Morgan fingerprint density at radius 1 is 1.36 bits per heavy atom. The minimum absolute atomic E-state index is 0.0171. The summed E-state index contributed by atoms with van der Waals surface area (Å²) in [7, 11) is 0. The van der Waals surface area contributed by atoms with Gasteiger partial charge in [0.1, 0.15) is 5.41 Å². The molecule has 0 saturated heterocycles. The van der Waals surface area contributed by atoms with E-state index in [0.29, 0.717) is 6.61 Å². The Balaban J connectivity index is 2.73. The van der Waals surface area contributed by atoms with E-state index in [9.17, 15) is 9.59 Å². The molecule has 0 radical (unpaired) electrons. The third-order valence-electron chi connectivity index (χ3n) is 2.90. The summed E-state index contributed by atoms with van der Waals surface area (Å²) < 4.78 is 4.89. The SMILES string of the molecule is CCOC(=O)C(C)(C)C(=O)C1(C)CC1. The molecular weight excluding hydrogens is 180 g/mol. The maximum absolute atomic E-state index is 12.0. The molecule has 0 aromatic carbocycles. The van der Waals surface area contributed by atoms with Gasteiger partial charge in [-0.15, -0.1) is 0 Å². The van der Waals surface area contributed by atoms with Gasteiger partial charge in [-0.3, -0.25) is 9.59 Å². The first-order valence-corrected chi connectivity index (χ1v) is 5.07. The van der Waals surface area contributed by atoms with Gasteiger partial charge in [-0.1, -0.05) is 6.92 Å². The van der Waals surface area contributed by atoms with Crippen LogP contribution in [0.3, 0.4) is 0 Å². The number of hydrogen-bond donors (Lipinski definition) is 0. The van der Waals surface area contributed by atoms with Gasteiger partial charge in [0, 0.05) is 5.41 Å². The number of carbonyl (C=O) groups is 2. The predicted molar refractivity (Wildman–Crippen MR) is 52.8 cm³/mol. The van der Waals surface area contributed by atoms with Crippen molar-refractivity contribution in [3.05, 3.63) is 0 Å². The first-order valence-electron chi connectivity index (χ1n) is 5.07. The normalized spacial score (nSPS) is 18.9. The van der Waals surface area contributed by atoms with Crippen LogP contribution in [0.5, 0.6) is 0 Å². The first-order chi connectivity index (χ1) is 6.34. The van der Waals surface area contributed by atoms with Crippen LogP contribution >= 0.6 is 0 Å². The van der Waals surface area contributed by atoms with E-state index in [1.54, 1.807) is 20.8 Å². The Kier molecular flexibility index (Phi) is 2.70. The molecule has 0 spiro atoms. The highest BCUT2D eigenvalue weighted by Crippen LogP contribution is 2.50. The number of carbonyl (C=O) groups excluding carboxylic acids is 2. The number of hydrogen-bond acceptors (Lipinski definition) is 3. The lowest BCUT2D eigenvalue weighted by Crippen LogP contribution is -2.39. The fraction of sp³-hybridized carbons (Fsp3) is 0.818. The fourth-order valence-electron chi connectivity index (χ4n) is 1.57. The highest BCUT2D eigenvalue weighted by molar-refractivity contribution is 6.06. The Hall–Kier alpha value is -0.860. The Morgan fingerprint density at radius 2 is 1.86 bits per heavy atom. The molecule has 0 aromatic heterocycles. The van der Waals surface area contributed by atoms with Crippen LogP contribution in [0.25, 0.3) is 0 Å². The van der Waals surface area contributed by atoms with Gasteiger partial charge in [0.05, 0.1) is 6.61 Å². The summed E-state index contributed by atoms with van der Waals surface area (Å²) in [5.74, 6) is -0.387. The second-order valence-electron chi connectivity index (χ2n) is 4.74. The second-order valence-corrected chi connectivity index (χ2v) is 4.74. The molecule has 3 nitrogen and oxygen atoms in total. The van der Waals surface area contributed by atoms with E-state index in [4.69, 9.17) is 4.74 Å². The zero-order valence-corrected chi connectivity index (χ0v) is 9.35. The lowest BCUT2D eigenvalue weighted by atomic mass is 9.80. The first kappa shape index (κ1) is 11.2. The summed E-state index contributed by atoms with van der Waals surface area (Å²) in [6.07, 6.45) is 1.79. The maximum atomic E-state index is 12.0. The van der Waals surface area contributed by atoms with Crippen molar-refractivity contribution in [2.24, 2.45) is 10.8 Å². The monoisotopic (exact) mass is 198 g/mol. The van der Waals surface area contributed by atoms with Crippen molar-refractivity contribution < 1.29 is 14.3 Å². The van der Waals surface area contributed by atoms with Gasteiger partial charge in [-0.25, -0.2) is 0 Å². The predicted octanol–water partition coefficient (Wildman–Crippen LogP) is 1.94. The zero-order chi connectivity index (χ0) is 11.0. The summed E-state index contributed by atoms with van der Waals surface area (Å²) in [4.78, 5) is 23.5. The molecule has 80 valence electrons. The minimum Gasteiger partial charge on any atom is -0.465 e. The van der Waals surface area contributed by atoms with Crippen molar-refractivity contribution >= 4 is 11.8 Å². The van der Waals surface area contributed by atoms with Crippen LogP contribution in [0.4, 0.5) is 0 Å². The minimum atomic E-state index is -0.985. The van der Waals surface area contributed by atoms with Crippen LogP contribution in [-0.2, 0) is 14.3 Å². The molecule has 14 heavy (non-hydrogen) atoms. The molecule has 0 atom stereocenters. The lowest BCUT2D eigenvalue weighted by molar-refractivity contribution is -0.159. The molecule has 0 aliphatic heterocycles. The van der Waals surface area contributed by atoms with E-state index in [1.165, 1.54) is 0 Å². The van der Waals surface area contributed by atoms with Gasteiger partial charge in [0.15, 0.2) is 5.78 Å². The molecule has 0 bridgehead atoms. The summed E-state index contributed by atoms with van der Waals surface area (Å²) in [6, 6.07) is 0. The summed E-state index contributed by atoms with van der Waals surface area (Å²) in [5, 5.41) is 0. The van der Waals surface area contributed by atoms with E-state index in [0.717, 1.165) is 12.8 Å². The summed E-state index contributed by atoms with van der Waals surface area (Å²) in [6.45, 7) is 7.29. The van der Waals surface area contributed by atoms with E-state index in [2.05, 4.69) is 0 Å². The summed E-state index contributed by atoms with van der Waals surface area (Å²) >= 11 is 0. The second kappa shape index (κ2) is 3.37. The number of esters is 1. The molecule has 0 aromatic rings. The molecule has 0 amide bonds. The van der Waals surface area contributed by atoms with Gasteiger partial charge in [0.2, 0.25) is 0 Å². The molecule has 0 N–H and O–H groups in total. The molecule has 1 aliphatic carbocycles. The molecule has 1 fully saturated rings. The summed E-state index contributed by atoms with van der Waals surface area (Å²) in [5.41, 5.74) is -1.25. The molecule has 0 heterocycles. The van der Waals surface area contributed by atoms with E-state index in [-0.39, 0.29) is 11.2 Å². The topological polar surface area (TPSA) is 43.4 Å². The Bertz CT molecular complexity index is 262. The van der Waals surface area contributed by atoms with Gasteiger partial charge in [0.25, 0.3) is 0 Å². The van der Waals surface area contributed by atoms with E-state index in [1.807, 2.05) is 6.92 Å². The van der Waals surface area contributed by atoms with Gasteiger partial charge in [-0.2, -0.15) is 0 Å². The van der Waals surface area contributed by atoms with Gasteiger partial charge in [-0.05, 0) is 33.6 Å². The Morgan fingerprint density at radius 3 is 2.21 bits per heavy atom. The van der Waals surface area contributed by atoms with E-state index >= 15 is 0 Å². The van der Waals surface area contributed by atoms with Gasteiger partial charge < -0.3 is 4.74 Å². The van der Waals surface area contributed by atoms with Crippen molar-refractivity contribution in [2.75, 3.05) is 6.61 Å². The maximum Gasteiger partial charge on any atom is 0.319 e. The molecular formula is C11H18O3. The van der Waals surface area contributed by atoms with Crippen LogP contribution in [0, 0.1) is 10.8 Å². The molecule has 0 unspecified atom stereocenters. The number of ketones is 1.